The number of aromatic amines is 2. The maximum absolute atomic E-state index is 5.44. The second kappa shape index (κ2) is 4.59. The molecule has 0 atom stereocenters. The van der Waals surface area contributed by atoms with E-state index in [9.17, 15) is 0 Å². The molecule has 5 nitrogen and oxygen atoms in total. The van der Waals surface area contributed by atoms with E-state index in [2.05, 4.69) is 26.7 Å². The quantitative estimate of drug-likeness (QED) is 0.721. The minimum absolute atomic E-state index is 0.490. The topological polar surface area (TPSA) is 83.4 Å². The molecule has 2 aromatic rings. The number of hydrogen-bond acceptors (Lipinski definition) is 3. The fourth-order valence-electron chi connectivity index (χ4n) is 1.47. The van der Waals surface area contributed by atoms with E-state index in [0.29, 0.717) is 6.54 Å². The summed E-state index contributed by atoms with van der Waals surface area (Å²) in [6.07, 6.45) is 8.87. The van der Waals surface area contributed by atoms with Crippen molar-refractivity contribution in [3.63, 3.8) is 0 Å². The van der Waals surface area contributed by atoms with E-state index in [1.807, 2.05) is 12.2 Å². The Balaban J connectivity index is 2.49. The van der Waals surface area contributed by atoms with Crippen LogP contribution in [0.15, 0.2) is 25.2 Å². The van der Waals surface area contributed by atoms with Crippen molar-refractivity contribution in [2.45, 2.75) is 0 Å². The number of H-pyrrole nitrogens is 2. The molecule has 16 heavy (non-hydrogen) atoms. The second-order valence-electron chi connectivity index (χ2n) is 3.21. The van der Waals surface area contributed by atoms with E-state index in [1.54, 1.807) is 18.6 Å². The summed E-state index contributed by atoms with van der Waals surface area (Å²) in [6.45, 7) is 4.22. The largest absolute Gasteiger partial charge is 0.343 e. The Labute approximate surface area is 93.1 Å². The van der Waals surface area contributed by atoms with Gasteiger partial charge in [0.05, 0.1) is 23.9 Å². The van der Waals surface area contributed by atoms with Crippen LogP contribution in [0.4, 0.5) is 0 Å². The van der Waals surface area contributed by atoms with Crippen molar-refractivity contribution in [3.8, 4) is 11.4 Å². The van der Waals surface area contributed by atoms with Gasteiger partial charge in [-0.15, -0.1) is 0 Å². The molecule has 0 aliphatic rings. The molecule has 2 heterocycles. The van der Waals surface area contributed by atoms with E-state index in [-0.39, 0.29) is 0 Å². The van der Waals surface area contributed by atoms with Gasteiger partial charge < -0.3 is 10.7 Å². The van der Waals surface area contributed by atoms with E-state index < -0.39 is 0 Å². The van der Waals surface area contributed by atoms with Crippen LogP contribution in [0.25, 0.3) is 23.5 Å². The molecule has 0 unspecified atom stereocenters. The maximum Gasteiger partial charge on any atom is 0.118 e. The highest BCUT2D eigenvalue weighted by Gasteiger charge is 2.11. The fourth-order valence-corrected chi connectivity index (χ4v) is 1.47. The van der Waals surface area contributed by atoms with Gasteiger partial charge in [0, 0.05) is 12.1 Å². The molecule has 0 radical (unpaired) electrons. The monoisotopic (exact) mass is 215 g/mol. The van der Waals surface area contributed by atoms with Crippen LogP contribution in [-0.2, 0) is 0 Å². The minimum Gasteiger partial charge on any atom is -0.343 e. The van der Waals surface area contributed by atoms with Crippen molar-refractivity contribution in [2.24, 2.45) is 5.73 Å². The van der Waals surface area contributed by atoms with Crippen LogP contribution in [-0.4, -0.2) is 26.7 Å². The van der Waals surface area contributed by atoms with E-state index in [1.165, 1.54) is 0 Å². The van der Waals surface area contributed by atoms with Crippen LogP contribution in [0.3, 0.4) is 0 Å². The van der Waals surface area contributed by atoms with Crippen LogP contribution < -0.4 is 5.73 Å². The zero-order chi connectivity index (χ0) is 11.4. The zero-order valence-corrected chi connectivity index (χ0v) is 8.77. The van der Waals surface area contributed by atoms with Crippen molar-refractivity contribution in [1.29, 1.82) is 0 Å². The molecular formula is C11H13N5. The SMILES string of the molecule is C=Cc1[nH]nc(-c2cnc[nH]2)c1/C=C/CN. The van der Waals surface area contributed by atoms with Gasteiger partial charge in [0.25, 0.3) is 0 Å². The highest BCUT2D eigenvalue weighted by atomic mass is 15.1. The zero-order valence-electron chi connectivity index (χ0n) is 8.77. The van der Waals surface area contributed by atoms with Gasteiger partial charge in [0.2, 0.25) is 0 Å². The number of hydrogen-bond donors (Lipinski definition) is 3. The summed E-state index contributed by atoms with van der Waals surface area (Å²) < 4.78 is 0. The molecule has 5 heteroatoms. The maximum atomic E-state index is 5.44. The van der Waals surface area contributed by atoms with Crippen molar-refractivity contribution in [3.05, 3.63) is 36.4 Å². The number of nitrogens with one attached hydrogen (secondary N) is 2. The molecule has 0 spiro atoms. The first-order valence-corrected chi connectivity index (χ1v) is 4.93. The Hall–Kier alpha value is -2.14. The van der Waals surface area contributed by atoms with Crippen molar-refractivity contribution >= 4 is 12.2 Å². The smallest absolute Gasteiger partial charge is 0.118 e. The lowest BCUT2D eigenvalue weighted by molar-refractivity contribution is 1.08. The third-order valence-corrected chi connectivity index (χ3v) is 2.21. The molecule has 0 fully saturated rings. The van der Waals surface area contributed by atoms with E-state index in [4.69, 9.17) is 5.73 Å². The number of rotatable bonds is 4. The summed E-state index contributed by atoms with van der Waals surface area (Å²) in [5.41, 5.74) is 8.95. The average molecular weight is 215 g/mol. The van der Waals surface area contributed by atoms with Gasteiger partial charge >= 0.3 is 0 Å². The summed E-state index contributed by atoms with van der Waals surface area (Å²) in [5, 5.41) is 7.14. The summed E-state index contributed by atoms with van der Waals surface area (Å²) in [5.74, 6) is 0. The molecule has 2 aromatic heterocycles. The Bertz CT molecular complexity index is 492. The summed E-state index contributed by atoms with van der Waals surface area (Å²) >= 11 is 0. The molecule has 2 rings (SSSR count). The molecule has 82 valence electrons. The first-order valence-electron chi connectivity index (χ1n) is 4.93. The summed E-state index contributed by atoms with van der Waals surface area (Å²) in [6, 6.07) is 0. The molecular weight excluding hydrogens is 202 g/mol. The van der Waals surface area contributed by atoms with E-state index in [0.717, 1.165) is 22.6 Å². The van der Waals surface area contributed by atoms with Gasteiger partial charge in [-0.1, -0.05) is 18.7 Å². The Kier molecular flexibility index (Phi) is 2.98. The Morgan fingerprint density at radius 1 is 1.50 bits per heavy atom. The molecule has 0 aromatic carbocycles. The molecule has 0 saturated carbocycles. The molecule has 0 amide bonds. The van der Waals surface area contributed by atoms with Gasteiger partial charge in [-0.3, -0.25) is 5.10 Å². The fraction of sp³-hybridized carbons (Fsp3) is 0.0909. The first-order chi connectivity index (χ1) is 7.86. The van der Waals surface area contributed by atoms with Crippen molar-refractivity contribution in [2.75, 3.05) is 6.54 Å². The van der Waals surface area contributed by atoms with E-state index >= 15 is 0 Å². The predicted octanol–water partition coefficient (Wildman–Crippen LogP) is 1.41. The lowest BCUT2D eigenvalue weighted by atomic mass is 10.1. The third-order valence-electron chi connectivity index (χ3n) is 2.21. The normalized spacial score (nSPS) is 11.1. The van der Waals surface area contributed by atoms with Gasteiger partial charge in [0.15, 0.2) is 0 Å². The van der Waals surface area contributed by atoms with Crippen LogP contribution in [0, 0.1) is 0 Å². The van der Waals surface area contributed by atoms with Gasteiger partial charge in [0.1, 0.15) is 5.69 Å². The van der Waals surface area contributed by atoms with Crippen LogP contribution in [0.1, 0.15) is 11.3 Å². The predicted molar refractivity (Wildman–Crippen MR) is 64.3 cm³/mol. The summed E-state index contributed by atoms with van der Waals surface area (Å²) in [4.78, 5) is 6.99. The molecule has 0 aliphatic carbocycles. The lowest BCUT2D eigenvalue weighted by Crippen LogP contribution is -1.92. The minimum atomic E-state index is 0.490. The Morgan fingerprint density at radius 3 is 3.00 bits per heavy atom. The van der Waals surface area contributed by atoms with Crippen LogP contribution in [0.5, 0.6) is 0 Å². The van der Waals surface area contributed by atoms with Gasteiger partial charge in [-0.05, 0) is 6.08 Å². The highest BCUT2D eigenvalue weighted by Crippen LogP contribution is 2.23. The Morgan fingerprint density at radius 2 is 2.38 bits per heavy atom. The first kappa shape index (κ1) is 10.4. The second-order valence-corrected chi connectivity index (χ2v) is 3.21. The summed E-state index contributed by atoms with van der Waals surface area (Å²) in [7, 11) is 0. The average Bonchev–Trinajstić information content (AvgIpc) is 2.94. The standard InChI is InChI=1S/C11H13N5/c1-2-9-8(4-3-5-12)11(16-15-9)10-6-13-7-14-10/h2-4,6-7H,1,5,12H2,(H,13,14)(H,15,16)/b4-3+. The van der Waals surface area contributed by atoms with Crippen molar-refractivity contribution < 1.29 is 0 Å². The van der Waals surface area contributed by atoms with Crippen LogP contribution in [0.2, 0.25) is 0 Å². The van der Waals surface area contributed by atoms with Gasteiger partial charge in [-0.2, -0.15) is 5.10 Å². The number of aromatic nitrogens is 4. The van der Waals surface area contributed by atoms with Gasteiger partial charge in [-0.25, -0.2) is 4.98 Å². The number of nitrogens with two attached hydrogens (primary N) is 1. The third kappa shape index (κ3) is 1.80. The number of imidazole rings is 1. The number of nitrogens with zero attached hydrogens (tertiary/aromatic N) is 2. The molecule has 0 saturated heterocycles. The highest BCUT2D eigenvalue weighted by molar-refractivity contribution is 5.75. The van der Waals surface area contributed by atoms with Crippen molar-refractivity contribution in [1.82, 2.24) is 20.2 Å². The molecule has 0 aliphatic heterocycles. The molecule has 4 N–H and O–H groups in total. The van der Waals surface area contributed by atoms with Crippen LogP contribution >= 0.6 is 0 Å². The molecule has 0 bridgehead atoms. The lowest BCUT2D eigenvalue weighted by Gasteiger charge is -1.95.